The maximum Gasteiger partial charge on any atom is 0.303 e. The molecular formula is C22H22O7. The van der Waals surface area contributed by atoms with E-state index in [0.717, 1.165) is 12.8 Å². The number of phenolic OH excluding ortho intramolecular Hbond substituents is 2. The first-order chi connectivity index (χ1) is 14.0. The normalized spacial score (nSPS) is 10.9. The summed E-state index contributed by atoms with van der Waals surface area (Å²) in [5, 5.41) is 28.2. The third-order valence-corrected chi connectivity index (χ3v) is 4.52. The monoisotopic (exact) mass is 398 g/mol. The van der Waals surface area contributed by atoms with Crippen LogP contribution in [0.2, 0.25) is 0 Å². The Kier molecular flexibility index (Phi) is 6.39. The second-order valence-electron chi connectivity index (χ2n) is 6.73. The third-order valence-electron chi connectivity index (χ3n) is 4.52. The Morgan fingerprint density at radius 1 is 0.931 bits per heavy atom. The number of benzene rings is 2. The first kappa shape index (κ1) is 20.3. The van der Waals surface area contributed by atoms with Crippen molar-refractivity contribution in [2.75, 3.05) is 6.61 Å². The third kappa shape index (κ3) is 5.07. The zero-order chi connectivity index (χ0) is 20.8. The van der Waals surface area contributed by atoms with Crippen LogP contribution in [0.5, 0.6) is 17.4 Å². The molecule has 0 amide bonds. The summed E-state index contributed by atoms with van der Waals surface area (Å²) in [6.07, 6.45) is 3.00. The molecule has 0 radical (unpaired) electrons. The lowest BCUT2D eigenvalue weighted by Crippen LogP contribution is -2.09. The molecule has 29 heavy (non-hydrogen) atoms. The molecule has 0 saturated carbocycles. The van der Waals surface area contributed by atoms with E-state index in [0.29, 0.717) is 30.4 Å². The fourth-order valence-electron chi connectivity index (χ4n) is 3.04. The van der Waals surface area contributed by atoms with Crippen molar-refractivity contribution in [2.24, 2.45) is 0 Å². The van der Waals surface area contributed by atoms with Gasteiger partial charge < -0.3 is 24.5 Å². The number of ether oxygens (including phenoxy) is 1. The van der Waals surface area contributed by atoms with Gasteiger partial charge in [0, 0.05) is 12.5 Å². The summed E-state index contributed by atoms with van der Waals surface area (Å²) in [7, 11) is 0. The van der Waals surface area contributed by atoms with Gasteiger partial charge in [0.1, 0.15) is 22.6 Å². The summed E-state index contributed by atoms with van der Waals surface area (Å²) in [6, 6.07) is 10.4. The van der Waals surface area contributed by atoms with E-state index in [1.165, 1.54) is 30.3 Å². The summed E-state index contributed by atoms with van der Waals surface area (Å²) >= 11 is 0. The Bertz CT molecular complexity index is 1050. The second-order valence-corrected chi connectivity index (χ2v) is 6.73. The molecule has 0 aliphatic heterocycles. The van der Waals surface area contributed by atoms with Crippen LogP contribution >= 0.6 is 0 Å². The minimum atomic E-state index is -0.805. The largest absolute Gasteiger partial charge is 0.508 e. The van der Waals surface area contributed by atoms with E-state index >= 15 is 0 Å². The van der Waals surface area contributed by atoms with Crippen LogP contribution in [0, 0.1) is 0 Å². The number of carboxylic acid groups (broad SMARTS) is 1. The van der Waals surface area contributed by atoms with E-state index in [1.807, 2.05) is 0 Å². The Hall–Kier alpha value is -3.48. The van der Waals surface area contributed by atoms with Crippen molar-refractivity contribution in [3.05, 3.63) is 52.7 Å². The van der Waals surface area contributed by atoms with Gasteiger partial charge in [0.05, 0.1) is 12.0 Å². The highest BCUT2D eigenvalue weighted by atomic mass is 16.6. The van der Waals surface area contributed by atoms with Crippen molar-refractivity contribution in [1.82, 2.24) is 0 Å². The van der Waals surface area contributed by atoms with Crippen molar-refractivity contribution in [3.8, 4) is 28.6 Å². The lowest BCUT2D eigenvalue weighted by atomic mass is 10.0. The molecule has 0 unspecified atom stereocenters. The van der Waals surface area contributed by atoms with Gasteiger partial charge in [-0.25, -0.2) is 0 Å². The highest BCUT2D eigenvalue weighted by Crippen LogP contribution is 2.32. The molecule has 1 aromatic heterocycles. The zero-order valence-corrected chi connectivity index (χ0v) is 15.8. The van der Waals surface area contributed by atoms with Crippen LogP contribution in [-0.4, -0.2) is 27.9 Å². The summed E-state index contributed by atoms with van der Waals surface area (Å²) in [5.41, 5.74) is 0.708. The molecule has 152 valence electrons. The average molecular weight is 398 g/mol. The Labute approximate surface area is 166 Å². The molecule has 7 nitrogen and oxygen atoms in total. The van der Waals surface area contributed by atoms with Crippen molar-refractivity contribution in [2.45, 2.75) is 32.1 Å². The molecule has 7 heteroatoms. The van der Waals surface area contributed by atoms with Crippen molar-refractivity contribution in [1.29, 1.82) is 0 Å². The molecule has 0 aliphatic carbocycles. The van der Waals surface area contributed by atoms with Gasteiger partial charge in [-0.15, -0.1) is 0 Å². The van der Waals surface area contributed by atoms with Gasteiger partial charge in [0.2, 0.25) is 5.43 Å². The molecule has 3 aromatic rings. The van der Waals surface area contributed by atoms with Crippen LogP contribution in [-0.2, 0) is 4.79 Å². The number of hydrogen-bond acceptors (Lipinski definition) is 6. The minimum absolute atomic E-state index is 0.0255. The van der Waals surface area contributed by atoms with Gasteiger partial charge in [-0.2, -0.15) is 0 Å². The molecule has 0 spiro atoms. The van der Waals surface area contributed by atoms with Crippen LogP contribution in [0.15, 0.2) is 51.7 Å². The summed E-state index contributed by atoms with van der Waals surface area (Å²) in [6.45, 7) is 0.297. The van der Waals surface area contributed by atoms with Crippen LogP contribution in [0.3, 0.4) is 0 Å². The maximum atomic E-state index is 13.0. The standard InChI is InChI=1S/C22H22O7/c23-15-8-6-14(7-9-15)20-21(27)17-11-10-16(24)13-18(17)29-22(20)28-12-4-2-1-3-5-19(25)26/h6-11,13,23-24H,1-5,12H2,(H,25,26). The number of carbonyl (C=O) groups is 1. The van der Waals surface area contributed by atoms with E-state index < -0.39 is 5.97 Å². The molecule has 0 bridgehead atoms. The number of aromatic hydroxyl groups is 2. The molecule has 0 saturated heterocycles. The second kappa shape index (κ2) is 9.14. The highest BCUT2D eigenvalue weighted by molar-refractivity contribution is 5.84. The summed E-state index contributed by atoms with van der Waals surface area (Å²) in [5.74, 6) is -0.708. The van der Waals surface area contributed by atoms with Crippen LogP contribution in [0.1, 0.15) is 32.1 Å². The number of carboxylic acids is 1. The minimum Gasteiger partial charge on any atom is -0.508 e. The SMILES string of the molecule is O=C(O)CCCCCCOc1oc2cc(O)ccc2c(=O)c1-c1ccc(O)cc1. The molecule has 3 N–H and O–H groups in total. The van der Waals surface area contributed by atoms with E-state index in [4.69, 9.17) is 14.3 Å². The van der Waals surface area contributed by atoms with Gasteiger partial charge in [0.25, 0.3) is 5.95 Å². The van der Waals surface area contributed by atoms with Crippen molar-refractivity contribution < 1.29 is 29.3 Å². The van der Waals surface area contributed by atoms with E-state index in [1.54, 1.807) is 12.1 Å². The van der Waals surface area contributed by atoms with E-state index in [2.05, 4.69) is 0 Å². The number of rotatable bonds is 9. The van der Waals surface area contributed by atoms with Crippen molar-refractivity contribution in [3.63, 3.8) is 0 Å². The topological polar surface area (TPSA) is 117 Å². The van der Waals surface area contributed by atoms with Crippen molar-refractivity contribution >= 4 is 16.9 Å². The fourth-order valence-corrected chi connectivity index (χ4v) is 3.04. The fraction of sp³-hybridized carbons (Fsp3) is 0.273. The Morgan fingerprint density at radius 3 is 2.34 bits per heavy atom. The lowest BCUT2D eigenvalue weighted by Gasteiger charge is -2.11. The first-order valence-electron chi connectivity index (χ1n) is 9.39. The summed E-state index contributed by atoms with van der Waals surface area (Å²) < 4.78 is 11.5. The molecule has 0 atom stereocenters. The maximum absolute atomic E-state index is 13.0. The number of aliphatic carboxylic acids is 1. The molecule has 1 heterocycles. The predicted molar refractivity (Wildman–Crippen MR) is 107 cm³/mol. The van der Waals surface area contributed by atoms with Crippen LogP contribution in [0.25, 0.3) is 22.1 Å². The molecular weight excluding hydrogens is 376 g/mol. The number of hydrogen-bond donors (Lipinski definition) is 3. The number of fused-ring (bicyclic) bond motifs is 1. The summed E-state index contributed by atoms with van der Waals surface area (Å²) in [4.78, 5) is 23.6. The van der Waals surface area contributed by atoms with Crippen LogP contribution < -0.4 is 10.2 Å². The quantitative estimate of drug-likeness (QED) is 0.460. The van der Waals surface area contributed by atoms with Crippen LogP contribution in [0.4, 0.5) is 0 Å². The smallest absolute Gasteiger partial charge is 0.303 e. The van der Waals surface area contributed by atoms with E-state index in [9.17, 15) is 19.8 Å². The molecule has 2 aromatic carbocycles. The molecule has 0 fully saturated rings. The Morgan fingerprint density at radius 2 is 1.62 bits per heavy atom. The molecule has 0 aliphatic rings. The van der Waals surface area contributed by atoms with Gasteiger partial charge in [-0.05, 0) is 42.7 Å². The van der Waals surface area contributed by atoms with Gasteiger partial charge >= 0.3 is 5.97 Å². The van der Waals surface area contributed by atoms with Gasteiger partial charge in [-0.3, -0.25) is 9.59 Å². The lowest BCUT2D eigenvalue weighted by molar-refractivity contribution is -0.137. The Balaban J connectivity index is 1.84. The first-order valence-corrected chi connectivity index (χ1v) is 9.39. The number of phenols is 2. The van der Waals surface area contributed by atoms with Gasteiger partial charge in [-0.1, -0.05) is 25.0 Å². The van der Waals surface area contributed by atoms with Gasteiger partial charge in [0.15, 0.2) is 0 Å². The average Bonchev–Trinajstić information content (AvgIpc) is 2.68. The molecule has 3 rings (SSSR count). The van der Waals surface area contributed by atoms with E-state index in [-0.39, 0.29) is 40.4 Å². The predicted octanol–water partition coefficient (Wildman–Crippen LogP) is 4.29. The zero-order valence-electron chi connectivity index (χ0n) is 15.8. The highest BCUT2D eigenvalue weighted by Gasteiger charge is 2.18. The number of unbranched alkanes of at least 4 members (excludes halogenated alkanes) is 3.